The van der Waals surface area contributed by atoms with E-state index in [1.807, 2.05) is 54.6 Å². The molecule has 0 aromatic heterocycles. The Morgan fingerprint density at radius 3 is 1.95 bits per heavy atom. The van der Waals surface area contributed by atoms with E-state index in [0.717, 1.165) is 22.3 Å². The normalized spacial score (nSPS) is 22.3. The average Bonchev–Trinajstić information content (AvgIpc) is 3.31. The molecule has 4 aromatic carbocycles. The molecule has 2 heterocycles. The molecule has 4 aromatic rings. The predicted octanol–water partition coefficient (Wildman–Crippen LogP) is 6.46. The maximum atomic E-state index is 12.9. The number of carbonyl (C=O) groups is 2. The number of likely N-dealkylation sites (N-methyl/N-ethyl adjacent to an activating group) is 1. The molecule has 0 bridgehead atoms. The summed E-state index contributed by atoms with van der Waals surface area (Å²) in [5.74, 6) is -0.478. The fourth-order valence-corrected chi connectivity index (χ4v) is 6.10. The molecule has 226 valence electrons. The van der Waals surface area contributed by atoms with E-state index < -0.39 is 6.29 Å². The molecule has 1 N–H and O–H groups in total. The van der Waals surface area contributed by atoms with Crippen LogP contribution >= 0.6 is 0 Å². The van der Waals surface area contributed by atoms with Gasteiger partial charge in [0.2, 0.25) is 0 Å². The zero-order valence-corrected chi connectivity index (χ0v) is 25.3. The summed E-state index contributed by atoms with van der Waals surface area (Å²) in [6, 6.07) is 33.2. The van der Waals surface area contributed by atoms with Crippen LogP contribution in [0.2, 0.25) is 0 Å². The molecule has 7 nitrogen and oxygen atoms in total. The second-order valence-electron chi connectivity index (χ2n) is 11.8. The minimum Gasteiger partial charge on any atom is -0.392 e. The first-order valence-corrected chi connectivity index (χ1v) is 15.1. The molecular weight excluding hydrogens is 552 g/mol. The molecule has 2 aliphatic rings. The van der Waals surface area contributed by atoms with Crippen LogP contribution in [0.25, 0.3) is 0 Å². The van der Waals surface area contributed by atoms with Crippen LogP contribution in [0, 0.1) is 5.92 Å². The molecule has 6 rings (SSSR count). The maximum absolute atomic E-state index is 12.9. The molecular formula is C37H38N2O5. The van der Waals surface area contributed by atoms with Crippen LogP contribution in [-0.4, -0.2) is 46.4 Å². The van der Waals surface area contributed by atoms with E-state index in [1.54, 1.807) is 24.3 Å². The highest BCUT2D eigenvalue weighted by molar-refractivity contribution is 6.21. The van der Waals surface area contributed by atoms with Gasteiger partial charge in [0, 0.05) is 24.1 Å². The first-order chi connectivity index (χ1) is 21.3. The van der Waals surface area contributed by atoms with Gasteiger partial charge in [0.25, 0.3) is 11.8 Å². The molecule has 2 aliphatic heterocycles. The van der Waals surface area contributed by atoms with Crippen LogP contribution in [0.15, 0.2) is 103 Å². The maximum Gasteiger partial charge on any atom is 0.261 e. The molecule has 7 heteroatoms. The number of hydrogen-bond acceptors (Lipinski definition) is 6. The third-order valence-corrected chi connectivity index (χ3v) is 9.01. The van der Waals surface area contributed by atoms with Crippen molar-refractivity contribution in [2.24, 2.45) is 5.92 Å². The molecule has 0 spiro atoms. The van der Waals surface area contributed by atoms with Crippen LogP contribution in [0.3, 0.4) is 0 Å². The van der Waals surface area contributed by atoms with Gasteiger partial charge in [0.15, 0.2) is 6.29 Å². The lowest BCUT2D eigenvalue weighted by atomic mass is 9.89. The molecule has 0 radical (unpaired) electrons. The minimum absolute atomic E-state index is 0.00898. The van der Waals surface area contributed by atoms with Crippen LogP contribution in [0.4, 0.5) is 0 Å². The summed E-state index contributed by atoms with van der Waals surface area (Å²) in [5.41, 5.74) is 5.74. The second-order valence-corrected chi connectivity index (χ2v) is 11.8. The molecule has 5 unspecified atom stereocenters. The minimum atomic E-state index is -0.604. The molecule has 5 atom stereocenters. The Morgan fingerprint density at radius 2 is 1.34 bits per heavy atom. The van der Waals surface area contributed by atoms with Gasteiger partial charge in [0.05, 0.1) is 36.5 Å². The van der Waals surface area contributed by atoms with Gasteiger partial charge in [-0.05, 0) is 48.4 Å². The van der Waals surface area contributed by atoms with E-state index in [-0.39, 0.29) is 49.1 Å². The second kappa shape index (κ2) is 12.8. The Labute approximate surface area is 258 Å². The molecule has 2 amide bonds. The quantitative estimate of drug-likeness (QED) is 0.226. The summed E-state index contributed by atoms with van der Waals surface area (Å²) in [6.07, 6.45) is -0.942. The summed E-state index contributed by atoms with van der Waals surface area (Å²) in [6.45, 7) is 5.26. The van der Waals surface area contributed by atoms with Crippen molar-refractivity contribution >= 4 is 11.8 Å². The Bertz CT molecular complexity index is 1570. The lowest BCUT2D eigenvalue weighted by Gasteiger charge is -2.43. The number of fused-ring (bicyclic) bond motifs is 1. The molecule has 44 heavy (non-hydrogen) atoms. The lowest BCUT2D eigenvalue weighted by Crippen LogP contribution is -2.44. The number of aliphatic hydroxyl groups excluding tert-OH is 1. The highest BCUT2D eigenvalue weighted by Gasteiger charge is 2.39. The summed E-state index contributed by atoms with van der Waals surface area (Å²) in [4.78, 5) is 29.4. The first-order valence-electron chi connectivity index (χ1n) is 15.1. The zero-order valence-electron chi connectivity index (χ0n) is 25.3. The van der Waals surface area contributed by atoms with Crippen molar-refractivity contribution in [1.82, 2.24) is 9.80 Å². The van der Waals surface area contributed by atoms with E-state index in [9.17, 15) is 14.7 Å². The summed E-state index contributed by atoms with van der Waals surface area (Å²) in [7, 11) is 2.12. The van der Waals surface area contributed by atoms with Crippen molar-refractivity contribution < 1.29 is 24.2 Å². The van der Waals surface area contributed by atoms with Gasteiger partial charge in [-0.1, -0.05) is 97.9 Å². The van der Waals surface area contributed by atoms with Crippen molar-refractivity contribution in [2.75, 3.05) is 13.6 Å². The van der Waals surface area contributed by atoms with Crippen molar-refractivity contribution in [3.05, 3.63) is 142 Å². The van der Waals surface area contributed by atoms with E-state index in [4.69, 9.17) is 9.47 Å². The van der Waals surface area contributed by atoms with E-state index >= 15 is 0 Å². The monoisotopic (exact) mass is 590 g/mol. The molecule has 1 fully saturated rings. The summed E-state index contributed by atoms with van der Waals surface area (Å²) >= 11 is 0. The van der Waals surface area contributed by atoms with Gasteiger partial charge in [0.1, 0.15) is 0 Å². The third kappa shape index (κ3) is 5.97. The standard InChI is InChI=1S/C37H38N2O5/c1-24-33(22-38(3)25(2)28-9-5-4-6-10-28)43-37(44-34(24)29-17-15-27(23-40)16-18-29)30-19-13-26(14-20-30)21-39-35(41)31-11-7-8-12-32(31)36(39)42/h4-20,24-25,33-34,37,40H,21-23H2,1-3H3. The van der Waals surface area contributed by atoms with Crippen LogP contribution in [-0.2, 0) is 22.6 Å². The SMILES string of the molecule is CC1C(CN(C)C(C)c2ccccc2)OC(c2ccc(CN3C(=O)c4ccccc4C3=O)cc2)OC1c1ccc(CO)cc1. The number of ether oxygens (including phenoxy) is 2. The molecule has 1 saturated heterocycles. The van der Waals surface area contributed by atoms with Gasteiger partial charge < -0.3 is 14.6 Å². The van der Waals surface area contributed by atoms with Gasteiger partial charge in [-0.25, -0.2) is 0 Å². The Kier molecular flexibility index (Phi) is 8.73. The molecule has 0 saturated carbocycles. The summed E-state index contributed by atoms with van der Waals surface area (Å²) in [5, 5.41) is 9.56. The Hall–Kier alpha value is -4.14. The average molecular weight is 591 g/mol. The first kappa shape index (κ1) is 29.9. The summed E-state index contributed by atoms with van der Waals surface area (Å²) < 4.78 is 13.3. The number of benzene rings is 4. The van der Waals surface area contributed by atoms with Crippen LogP contribution in [0.1, 0.15) is 80.8 Å². The number of amides is 2. The largest absolute Gasteiger partial charge is 0.392 e. The van der Waals surface area contributed by atoms with Gasteiger partial charge in [-0.15, -0.1) is 0 Å². The molecule has 0 aliphatic carbocycles. The van der Waals surface area contributed by atoms with Crippen LogP contribution < -0.4 is 0 Å². The lowest BCUT2D eigenvalue weighted by molar-refractivity contribution is -0.276. The van der Waals surface area contributed by atoms with Gasteiger partial charge in [-0.2, -0.15) is 0 Å². The van der Waals surface area contributed by atoms with Gasteiger partial charge >= 0.3 is 0 Å². The van der Waals surface area contributed by atoms with E-state index in [0.29, 0.717) is 17.7 Å². The van der Waals surface area contributed by atoms with Crippen molar-refractivity contribution in [2.45, 2.75) is 51.5 Å². The zero-order chi connectivity index (χ0) is 30.8. The number of aliphatic hydroxyl groups is 1. The Morgan fingerprint density at radius 1 is 0.773 bits per heavy atom. The van der Waals surface area contributed by atoms with Crippen LogP contribution in [0.5, 0.6) is 0 Å². The third-order valence-electron chi connectivity index (χ3n) is 9.01. The fourth-order valence-electron chi connectivity index (χ4n) is 6.10. The number of nitrogens with zero attached hydrogens (tertiary/aromatic N) is 2. The van der Waals surface area contributed by atoms with E-state index in [1.165, 1.54) is 10.5 Å². The highest BCUT2D eigenvalue weighted by atomic mass is 16.7. The smallest absolute Gasteiger partial charge is 0.261 e. The predicted molar refractivity (Wildman–Crippen MR) is 168 cm³/mol. The number of hydrogen-bond donors (Lipinski definition) is 1. The number of rotatable bonds is 9. The van der Waals surface area contributed by atoms with Crippen molar-refractivity contribution in [3.8, 4) is 0 Å². The number of imide groups is 1. The van der Waals surface area contributed by atoms with Gasteiger partial charge in [-0.3, -0.25) is 19.4 Å². The van der Waals surface area contributed by atoms with Crippen molar-refractivity contribution in [1.29, 1.82) is 0 Å². The fraction of sp³-hybridized carbons (Fsp3) is 0.297. The highest BCUT2D eigenvalue weighted by Crippen LogP contribution is 2.42. The topological polar surface area (TPSA) is 79.3 Å². The number of carbonyl (C=O) groups excluding carboxylic acids is 2. The van der Waals surface area contributed by atoms with E-state index in [2.05, 4.69) is 50.1 Å². The van der Waals surface area contributed by atoms with Crippen molar-refractivity contribution in [3.63, 3.8) is 0 Å². The Balaban J connectivity index is 1.22.